The number of nitrogens with zero attached hydrogens (tertiary/aromatic N) is 1. The standard InChI is InChI=1S/C21H23FN2O2S/c1-2-18-6-4-10-24(18)21(26)15-12-16(22)14-17(13-15)23-20(25)9-3-7-19-8-5-11-27-19/h4-6,8,11-14,18H,2-3,7,9-10H2,1H3,(H,23,25). The van der Waals surface area contributed by atoms with Crippen LogP contribution in [-0.4, -0.2) is 29.3 Å². The van der Waals surface area contributed by atoms with E-state index in [0.717, 1.165) is 19.3 Å². The van der Waals surface area contributed by atoms with E-state index in [9.17, 15) is 14.0 Å². The van der Waals surface area contributed by atoms with Gasteiger partial charge in [-0.1, -0.05) is 25.1 Å². The molecular formula is C21H23FN2O2S. The lowest BCUT2D eigenvalue weighted by Crippen LogP contribution is -2.35. The fourth-order valence-electron chi connectivity index (χ4n) is 3.21. The number of hydrogen-bond acceptors (Lipinski definition) is 3. The summed E-state index contributed by atoms with van der Waals surface area (Å²) in [5.41, 5.74) is 0.575. The molecule has 1 aromatic carbocycles. The fourth-order valence-corrected chi connectivity index (χ4v) is 3.96. The third-order valence-electron chi connectivity index (χ3n) is 4.58. The highest BCUT2D eigenvalue weighted by Crippen LogP contribution is 2.21. The van der Waals surface area contributed by atoms with E-state index < -0.39 is 5.82 Å². The average molecular weight is 386 g/mol. The highest BCUT2D eigenvalue weighted by molar-refractivity contribution is 7.09. The molecule has 4 nitrogen and oxygen atoms in total. The summed E-state index contributed by atoms with van der Waals surface area (Å²) in [7, 11) is 0. The van der Waals surface area contributed by atoms with E-state index >= 15 is 0 Å². The maximum Gasteiger partial charge on any atom is 0.254 e. The molecule has 1 atom stereocenters. The molecule has 2 aromatic rings. The van der Waals surface area contributed by atoms with Crippen LogP contribution in [0.1, 0.15) is 41.4 Å². The first-order chi connectivity index (χ1) is 13.1. The Kier molecular flexibility index (Phi) is 6.40. The molecule has 0 spiro atoms. The lowest BCUT2D eigenvalue weighted by molar-refractivity contribution is -0.116. The maximum absolute atomic E-state index is 14.0. The predicted molar refractivity (Wildman–Crippen MR) is 107 cm³/mol. The van der Waals surface area contributed by atoms with Gasteiger partial charge < -0.3 is 10.2 Å². The number of carbonyl (C=O) groups is 2. The van der Waals surface area contributed by atoms with Gasteiger partial charge in [-0.25, -0.2) is 4.39 Å². The molecule has 6 heteroatoms. The van der Waals surface area contributed by atoms with Crippen LogP contribution in [0.25, 0.3) is 0 Å². The highest BCUT2D eigenvalue weighted by Gasteiger charge is 2.25. The highest BCUT2D eigenvalue weighted by atomic mass is 32.1. The van der Waals surface area contributed by atoms with Gasteiger partial charge in [-0.3, -0.25) is 9.59 Å². The lowest BCUT2D eigenvalue weighted by atomic mass is 10.1. The van der Waals surface area contributed by atoms with Crippen molar-refractivity contribution < 1.29 is 14.0 Å². The average Bonchev–Trinajstić information content (AvgIpc) is 3.32. The summed E-state index contributed by atoms with van der Waals surface area (Å²) in [6.45, 7) is 2.53. The number of amides is 2. The topological polar surface area (TPSA) is 49.4 Å². The molecule has 1 N–H and O–H groups in total. The largest absolute Gasteiger partial charge is 0.329 e. The van der Waals surface area contributed by atoms with Gasteiger partial charge in [-0.2, -0.15) is 0 Å². The van der Waals surface area contributed by atoms with Crippen molar-refractivity contribution >= 4 is 28.8 Å². The molecule has 0 fully saturated rings. The Morgan fingerprint density at radius 2 is 2.19 bits per heavy atom. The van der Waals surface area contributed by atoms with Gasteiger partial charge in [0.1, 0.15) is 5.82 Å². The van der Waals surface area contributed by atoms with Crippen LogP contribution in [0.3, 0.4) is 0 Å². The smallest absolute Gasteiger partial charge is 0.254 e. The van der Waals surface area contributed by atoms with Crippen LogP contribution in [0, 0.1) is 5.82 Å². The normalized spacial score (nSPS) is 15.9. The Labute approximate surface area is 162 Å². The van der Waals surface area contributed by atoms with Crippen molar-refractivity contribution in [1.82, 2.24) is 4.90 Å². The third-order valence-corrected chi connectivity index (χ3v) is 5.51. The van der Waals surface area contributed by atoms with Crippen molar-refractivity contribution in [3.63, 3.8) is 0 Å². The van der Waals surface area contributed by atoms with Gasteiger partial charge >= 0.3 is 0 Å². The van der Waals surface area contributed by atoms with E-state index in [0.29, 0.717) is 18.7 Å². The van der Waals surface area contributed by atoms with E-state index in [2.05, 4.69) is 5.32 Å². The van der Waals surface area contributed by atoms with E-state index in [4.69, 9.17) is 0 Å². The molecule has 3 rings (SSSR count). The summed E-state index contributed by atoms with van der Waals surface area (Å²) in [5.74, 6) is -0.931. The van der Waals surface area contributed by atoms with Crippen molar-refractivity contribution in [2.45, 2.75) is 38.6 Å². The summed E-state index contributed by atoms with van der Waals surface area (Å²) >= 11 is 1.67. The number of thiophene rings is 1. The number of hydrogen-bond donors (Lipinski definition) is 1. The van der Waals surface area contributed by atoms with Gasteiger partial charge in [0.2, 0.25) is 5.91 Å². The molecular weight excluding hydrogens is 363 g/mol. The van der Waals surface area contributed by atoms with Crippen LogP contribution < -0.4 is 5.32 Å². The zero-order valence-corrected chi connectivity index (χ0v) is 16.1. The molecule has 0 saturated heterocycles. The second-order valence-electron chi connectivity index (χ2n) is 6.57. The maximum atomic E-state index is 14.0. The molecule has 0 bridgehead atoms. The van der Waals surface area contributed by atoms with Gasteiger partial charge in [0.25, 0.3) is 5.91 Å². The predicted octanol–water partition coefficient (Wildman–Crippen LogP) is 4.64. The number of carbonyl (C=O) groups excluding carboxylic acids is 2. The number of anilines is 1. The summed E-state index contributed by atoms with van der Waals surface area (Å²) in [6.07, 6.45) is 6.68. The van der Waals surface area contributed by atoms with Crippen LogP contribution in [0.2, 0.25) is 0 Å². The van der Waals surface area contributed by atoms with Gasteiger partial charge in [-0.05, 0) is 48.9 Å². The van der Waals surface area contributed by atoms with E-state index in [1.165, 1.54) is 17.0 Å². The first-order valence-electron chi connectivity index (χ1n) is 9.17. The number of nitrogens with one attached hydrogen (secondary N) is 1. The van der Waals surface area contributed by atoms with Crippen LogP contribution in [0.4, 0.5) is 10.1 Å². The van der Waals surface area contributed by atoms with Crippen molar-refractivity contribution in [2.24, 2.45) is 0 Å². The molecule has 27 heavy (non-hydrogen) atoms. The van der Waals surface area contributed by atoms with Gasteiger partial charge in [0.15, 0.2) is 0 Å². The van der Waals surface area contributed by atoms with Crippen molar-refractivity contribution in [3.8, 4) is 0 Å². The molecule has 142 valence electrons. The molecule has 0 radical (unpaired) electrons. The number of benzene rings is 1. The Bertz CT molecular complexity index is 833. The Morgan fingerprint density at radius 3 is 2.93 bits per heavy atom. The minimum atomic E-state index is -0.532. The molecule has 0 aliphatic carbocycles. The molecule has 0 saturated carbocycles. The number of aryl methyl sites for hydroxylation is 1. The van der Waals surface area contributed by atoms with E-state index in [1.807, 2.05) is 36.6 Å². The fraction of sp³-hybridized carbons (Fsp3) is 0.333. The summed E-state index contributed by atoms with van der Waals surface area (Å²) in [5, 5.41) is 4.73. The number of halogens is 1. The molecule has 1 aromatic heterocycles. The zero-order chi connectivity index (χ0) is 19.2. The third kappa shape index (κ3) is 5.04. The summed E-state index contributed by atoms with van der Waals surface area (Å²) < 4.78 is 14.0. The van der Waals surface area contributed by atoms with Crippen LogP contribution in [0.5, 0.6) is 0 Å². The van der Waals surface area contributed by atoms with Crippen molar-refractivity contribution in [1.29, 1.82) is 0 Å². The van der Waals surface area contributed by atoms with Crippen molar-refractivity contribution in [2.75, 3.05) is 11.9 Å². The first kappa shape index (κ1) is 19.3. The summed E-state index contributed by atoms with van der Waals surface area (Å²) in [6, 6.07) is 8.09. The monoisotopic (exact) mass is 386 g/mol. The van der Waals surface area contributed by atoms with Gasteiger partial charge in [-0.15, -0.1) is 11.3 Å². The molecule has 1 aliphatic heterocycles. The van der Waals surface area contributed by atoms with E-state index in [-0.39, 0.29) is 23.4 Å². The van der Waals surface area contributed by atoms with Crippen LogP contribution in [-0.2, 0) is 11.2 Å². The zero-order valence-electron chi connectivity index (χ0n) is 15.3. The molecule has 2 heterocycles. The quantitative estimate of drug-likeness (QED) is 0.705. The Balaban J connectivity index is 1.61. The molecule has 2 amide bonds. The summed E-state index contributed by atoms with van der Waals surface area (Å²) in [4.78, 5) is 27.8. The van der Waals surface area contributed by atoms with Crippen molar-refractivity contribution in [3.05, 3.63) is 64.1 Å². The molecule has 1 unspecified atom stereocenters. The Morgan fingerprint density at radius 1 is 1.33 bits per heavy atom. The Hall–Kier alpha value is -2.47. The second-order valence-corrected chi connectivity index (χ2v) is 7.60. The second kappa shape index (κ2) is 8.95. The van der Waals surface area contributed by atoms with E-state index in [1.54, 1.807) is 22.3 Å². The van der Waals surface area contributed by atoms with Crippen LogP contribution in [0.15, 0.2) is 47.9 Å². The first-order valence-corrected chi connectivity index (χ1v) is 10.0. The van der Waals surface area contributed by atoms with Crippen LogP contribution >= 0.6 is 11.3 Å². The van der Waals surface area contributed by atoms with Gasteiger partial charge in [0.05, 0.1) is 6.04 Å². The minimum Gasteiger partial charge on any atom is -0.329 e. The minimum absolute atomic E-state index is 0.0380. The van der Waals surface area contributed by atoms with Gasteiger partial charge in [0, 0.05) is 29.1 Å². The lowest BCUT2D eigenvalue weighted by Gasteiger charge is -2.24. The SMILES string of the molecule is CCC1C=CCN1C(=O)c1cc(F)cc(NC(=O)CCCc2cccs2)c1. The number of rotatable bonds is 7. The molecule has 1 aliphatic rings.